The van der Waals surface area contributed by atoms with E-state index in [1.807, 2.05) is 0 Å². The Kier molecular flexibility index (Phi) is 6.52. The lowest BCUT2D eigenvalue weighted by atomic mass is 9.77. The molecule has 0 atom stereocenters. The fraction of sp³-hybridized carbons (Fsp3) is 0.409. The molecule has 0 unspecified atom stereocenters. The van der Waals surface area contributed by atoms with E-state index in [2.05, 4.69) is 5.32 Å². The highest BCUT2D eigenvalue weighted by Crippen LogP contribution is 2.33. The first kappa shape index (κ1) is 20.1. The van der Waals surface area contributed by atoms with Crippen LogP contribution >= 0.6 is 0 Å². The standard InChI is InChI=1S/C22H26FNO4/c23-18-2-1-3-20(14-18)28-13-10-16-8-11-22(27,12-9-16)15-24-21(26)17-4-6-19(25)7-5-17/h1-7,14,16,25,27H,8-13,15H2,(H,24,26). The number of aliphatic hydroxyl groups is 1. The quantitative estimate of drug-likeness (QED) is 0.678. The Hall–Kier alpha value is -2.60. The van der Waals surface area contributed by atoms with E-state index in [0.717, 1.165) is 19.3 Å². The number of hydrogen-bond acceptors (Lipinski definition) is 4. The van der Waals surface area contributed by atoms with Crippen molar-refractivity contribution in [1.29, 1.82) is 0 Å². The molecule has 150 valence electrons. The first-order valence-corrected chi connectivity index (χ1v) is 9.61. The summed E-state index contributed by atoms with van der Waals surface area (Å²) in [6.07, 6.45) is 3.81. The summed E-state index contributed by atoms with van der Waals surface area (Å²) in [6.45, 7) is 0.726. The van der Waals surface area contributed by atoms with Crippen molar-refractivity contribution in [3.05, 3.63) is 59.9 Å². The molecule has 0 radical (unpaired) electrons. The first-order chi connectivity index (χ1) is 13.4. The zero-order valence-electron chi connectivity index (χ0n) is 15.7. The number of hydrogen-bond donors (Lipinski definition) is 3. The van der Waals surface area contributed by atoms with Gasteiger partial charge in [-0.05, 0) is 74.4 Å². The predicted octanol–water partition coefficient (Wildman–Crippen LogP) is 3.65. The second kappa shape index (κ2) is 9.06. The lowest BCUT2D eigenvalue weighted by Crippen LogP contribution is -2.45. The molecule has 5 nitrogen and oxygen atoms in total. The molecule has 2 aromatic rings. The van der Waals surface area contributed by atoms with Gasteiger partial charge in [-0.15, -0.1) is 0 Å². The van der Waals surface area contributed by atoms with E-state index in [1.165, 1.54) is 24.3 Å². The SMILES string of the molecule is O=C(NCC1(O)CCC(CCOc2cccc(F)c2)CC1)c1ccc(O)cc1. The van der Waals surface area contributed by atoms with E-state index < -0.39 is 5.60 Å². The molecule has 28 heavy (non-hydrogen) atoms. The number of carbonyl (C=O) groups is 1. The Morgan fingerprint density at radius 1 is 1.18 bits per heavy atom. The Morgan fingerprint density at radius 2 is 1.89 bits per heavy atom. The molecule has 0 heterocycles. The number of aromatic hydroxyl groups is 1. The average Bonchev–Trinajstić information content (AvgIpc) is 2.69. The van der Waals surface area contributed by atoms with Gasteiger partial charge in [0.2, 0.25) is 0 Å². The molecule has 1 saturated carbocycles. The molecule has 0 aromatic heterocycles. The summed E-state index contributed by atoms with van der Waals surface area (Å²) in [5.41, 5.74) is -0.448. The third kappa shape index (κ3) is 5.70. The van der Waals surface area contributed by atoms with Crippen LogP contribution in [0.5, 0.6) is 11.5 Å². The summed E-state index contributed by atoms with van der Waals surface area (Å²) in [6, 6.07) is 12.1. The molecule has 1 fully saturated rings. The number of ether oxygens (including phenoxy) is 1. The molecule has 0 saturated heterocycles. The van der Waals surface area contributed by atoms with Gasteiger partial charge in [-0.2, -0.15) is 0 Å². The summed E-state index contributed by atoms with van der Waals surface area (Å²) in [7, 11) is 0. The molecule has 3 N–H and O–H groups in total. The molecule has 1 amide bonds. The Bertz CT molecular complexity index is 785. The minimum atomic E-state index is -0.896. The van der Waals surface area contributed by atoms with Gasteiger partial charge >= 0.3 is 0 Å². The maximum absolute atomic E-state index is 13.1. The van der Waals surface area contributed by atoms with Crippen LogP contribution in [-0.2, 0) is 0 Å². The number of benzene rings is 2. The fourth-order valence-electron chi connectivity index (χ4n) is 3.54. The van der Waals surface area contributed by atoms with Gasteiger partial charge < -0.3 is 20.3 Å². The number of phenolic OH excluding ortho intramolecular Hbond substituents is 1. The van der Waals surface area contributed by atoms with E-state index in [4.69, 9.17) is 4.74 Å². The van der Waals surface area contributed by atoms with Crippen LogP contribution in [0.25, 0.3) is 0 Å². The van der Waals surface area contributed by atoms with Crippen molar-refractivity contribution in [3.8, 4) is 11.5 Å². The second-order valence-electron chi connectivity index (χ2n) is 7.49. The van der Waals surface area contributed by atoms with E-state index in [1.54, 1.807) is 24.3 Å². The highest BCUT2D eigenvalue weighted by atomic mass is 19.1. The Morgan fingerprint density at radius 3 is 2.57 bits per heavy atom. The second-order valence-corrected chi connectivity index (χ2v) is 7.49. The Labute approximate surface area is 164 Å². The van der Waals surface area contributed by atoms with Crippen LogP contribution in [0, 0.1) is 11.7 Å². The summed E-state index contributed by atoms with van der Waals surface area (Å²) >= 11 is 0. The molecular formula is C22H26FNO4. The summed E-state index contributed by atoms with van der Waals surface area (Å²) in [4.78, 5) is 12.2. The average molecular weight is 387 g/mol. The highest BCUT2D eigenvalue weighted by Gasteiger charge is 2.33. The van der Waals surface area contributed by atoms with Gasteiger partial charge in [0.25, 0.3) is 5.91 Å². The van der Waals surface area contributed by atoms with Crippen LogP contribution in [0.1, 0.15) is 42.5 Å². The molecule has 2 aromatic carbocycles. The molecule has 3 rings (SSSR count). The minimum absolute atomic E-state index is 0.106. The number of halogens is 1. The lowest BCUT2D eigenvalue weighted by Gasteiger charge is -2.36. The van der Waals surface area contributed by atoms with Crippen molar-refractivity contribution in [1.82, 2.24) is 5.32 Å². The minimum Gasteiger partial charge on any atom is -0.508 e. The number of rotatable bonds is 7. The molecule has 1 aliphatic carbocycles. The van der Waals surface area contributed by atoms with Crippen LogP contribution in [-0.4, -0.2) is 34.9 Å². The van der Waals surface area contributed by atoms with Gasteiger partial charge in [0.1, 0.15) is 17.3 Å². The summed E-state index contributed by atoms with van der Waals surface area (Å²) in [5, 5.41) is 22.8. The normalized spacial score (nSPS) is 21.9. The Balaban J connectivity index is 1.38. The van der Waals surface area contributed by atoms with E-state index >= 15 is 0 Å². The van der Waals surface area contributed by atoms with Crippen molar-refractivity contribution in [3.63, 3.8) is 0 Å². The molecule has 0 bridgehead atoms. The third-order valence-corrected chi connectivity index (χ3v) is 5.33. The molecule has 6 heteroatoms. The summed E-state index contributed by atoms with van der Waals surface area (Å²) < 4.78 is 18.7. The van der Waals surface area contributed by atoms with Crippen LogP contribution < -0.4 is 10.1 Å². The van der Waals surface area contributed by atoms with Crippen molar-refractivity contribution in [2.45, 2.75) is 37.7 Å². The largest absolute Gasteiger partial charge is 0.508 e. The van der Waals surface area contributed by atoms with Gasteiger partial charge in [0, 0.05) is 18.2 Å². The number of carbonyl (C=O) groups excluding carboxylic acids is 1. The first-order valence-electron chi connectivity index (χ1n) is 9.61. The lowest BCUT2D eigenvalue weighted by molar-refractivity contribution is -0.00977. The van der Waals surface area contributed by atoms with E-state index in [0.29, 0.717) is 36.7 Å². The predicted molar refractivity (Wildman–Crippen MR) is 104 cm³/mol. The fourth-order valence-corrected chi connectivity index (χ4v) is 3.54. The van der Waals surface area contributed by atoms with Crippen LogP contribution in [0.3, 0.4) is 0 Å². The van der Waals surface area contributed by atoms with Gasteiger partial charge in [0.05, 0.1) is 12.2 Å². The number of nitrogens with one attached hydrogen (secondary N) is 1. The molecular weight excluding hydrogens is 361 g/mol. The zero-order valence-corrected chi connectivity index (χ0v) is 15.7. The maximum Gasteiger partial charge on any atom is 0.251 e. The molecule has 0 spiro atoms. The van der Waals surface area contributed by atoms with Gasteiger partial charge in [-0.25, -0.2) is 4.39 Å². The number of amides is 1. The van der Waals surface area contributed by atoms with Crippen LogP contribution in [0.2, 0.25) is 0 Å². The highest BCUT2D eigenvalue weighted by molar-refractivity contribution is 5.94. The van der Waals surface area contributed by atoms with Crippen molar-refractivity contribution >= 4 is 5.91 Å². The molecule has 1 aliphatic rings. The van der Waals surface area contributed by atoms with E-state index in [9.17, 15) is 19.4 Å². The van der Waals surface area contributed by atoms with Crippen LogP contribution in [0.4, 0.5) is 4.39 Å². The third-order valence-electron chi connectivity index (χ3n) is 5.33. The van der Waals surface area contributed by atoms with Crippen molar-refractivity contribution < 1.29 is 24.1 Å². The van der Waals surface area contributed by atoms with Crippen molar-refractivity contribution in [2.75, 3.05) is 13.2 Å². The smallest absolute Gasteiger partial charge is 0.251 e. The van der Waals surface area contributed by atoms with Gasteiger partial charge in [-0.1, -0.05) is 6.07 Å². The monoisotopic (exact) mass is 387 g/mol. The van der Waals surface area contributed by atoms with Gasteiger partial charge in [0.15, 0.2) is 0 Å². The zero-order chi connectivity index (χ0) is 20.0. The molecule has 0 aliphatic heterocycles. The topological polar surface area (TPSA) is 78.8 Å². The van der Waals surface area contributed by atoms with Crippen LogP contribution in [0.15, 0.2) is 48.5 Å². The van der Waals surface area contributed by atoms with Gasteiger partial charge in [-0.3, -0.25) is 4.79 Å². The number of phenols is 1. The van der Waals surface area contributed by atoms with Crippen molar-refractivity contribution in [2.24, 2.45) is 5.92 Å². The maximum atomic E-state index is 13.1. The summed E-state index contributed by atoms with van der Waals surface area (Å²) in [5.74, 6) is 0.509. The van der Waals surface area contributed by atoms with E-state index in [-0.39, 0.29) is 24.0 Å².